The first-order valence-electron chi connectivity index (χ1n) is 3.16. The average molecular weight is 249 g/mol. The Morgan fingerprint density at radius 2 is 1.90 bits per heavy atom. The number of anilines is 1. The maximum atomic E-state index is 5.53. The van der Waals surface area contributed by atoms with E-state index in [-0.39, 0.29) is 20.9 Å². The third-order valence-corrected chi connectivity index (χ3v) is 3.07. The van der Waals surface area contributed by atoms with Crippen LogP contribution in [-0.2, 0) is 4.47 Å². The van der Waals surface area contributed by atoms with Crippen LogP contribution in [0.1, 0.15) is 5.56 Å². The molecule has 0 heterocycles. The molecule has 10 heavy (non-hydrogen) atoms. The van der Waals surface area contributed by atoms with Gasteiger partial charge in [-0.3, -0.25) is 0 Å². The summed E-state index contributed by atoms with van der Waals surface area (Å²) in [5.74, 6) is 0. The van der Waals surface area contributed by atoms with Crippen molar-refractivity contribution in [1.82, 2.24) is 0 Å². The molecule has 0 amide bonds. The molecule has 54 valence electrons. The molecule has 0 atom stereocenters. The number of hydrogen-bond donors (Lipinski definition) is 1. The first kappa shape index (κ1) is 7.91. The summed E-state index contributed by atoms with van der Waals surface area (Å²) in [5, 5.41) is 0. The Labute approximate surface area is 71.7 Å². The van der Waals surface area contributed by atoms with Crippen molar-refractivity contribution in [3.63, 3.8) is 0 Å². The minimum atomic E-state index is 0.229. The Balaban J connectivity index is 2.69. The second-order valence-electron chi connectivity index (χ2n) is 2.17. The summed E-state index contributed by atoms with van der Waals surface area (Å²) in [5.41, 5.74) is 7.82. The van der Waals surface area contributed by atoms with Crippen LogP contribution in [0.5, 0.6) is 0 Å². The van der Waals surface area contributed by atoms with E-state index < -0.39 is 0 Å². The van der Waals surface area contributed by atoms with Crippen LogP contribution in [0.3, 0.4) is 0 Å². The monoisotopic (exact) mass is 251 g/mol. The molecule has 0 aromatic heterocycles. The van der Waals surface area contributed by atoms with Crippen molar-refractivity contribution in [2.75, 3.05) is 5.73 Å². The van der Waals surface area contributed by atoms with Crippen LogP contribution in [0.2, 0.25) is 4.97 Å². The molecule has 0 bridgehead atoms. The normalized spacial score (nSPS) is 9.70. The summed E-state index contributed by atoms with van der Waals surface area (Å²) in [6.07, 6.45) is 0. The first-order valence-corrected chi connectivity index (χ1v) is 7.14. The van der Waals surface area contributed by atoms with Crippen LogP contribution >= 0.6 is 0 Å². The van der Waals surface area contributed by atoms with Gasteiger partial charge in [0.15, 0.2) is 0 Å². The van der Waals surface area contributed by atoms with Crippen LogP contribution in [0.4, 0.5) is 5.69 Å². The standard InChI is InChI=1S/C8H11NTe/c1-10-6-7-2-4-8(9)5-3-7/h2-5H,6,9H2,1H3. The predicted octanol–water partition coefficient (Wildman–Crippen LogP) is 1.52. The SMILES string of the molecule is C[Te]Cc1ccc(N)cc1. The molecule has 0 radical (unpaired) electrons. The number of nitrogen functional groups attached to an aromatic ring is 1. The summed E-state index contributed by atoms with van der Waals surface area (Å²) in [6, 6.07) is 8.17. The molecule has 0 aliphatic heterocycles. The zero-order valence-electron chi connectivity index (χ0n) is 6.00. The fraction of sp³-hybridized carbons (Fsp3) is 0.250. The van der Waals surface area contributed by atoms with E-state index >= 15 is 0 Å². The van der Waals surface area contributed by atoms with Gasteiger partial charge >= 0.3 is 71.6 Å². The van der Waals surface area contributed by atoms with Crippen LogP contribution in [-0.4, -0.2) is 20.9 Å². The topological polar surface area (TPSA) is 26.0 Å². The van der Waals surface area contributed by atoms with Gasteiger partial charge in [-0.25, -0.2) is 0 Å². The molecule has 0 unspecified atom stereocenters. The van der Waals surface area contributed by atoms with Crippen molar-refractivity contribution in [3.8, 4) is 0 Å². The third-order valence-electron chi connectivity index (χ3n) is 1.29. The zero-order chi connectivity index (χ0) is 7.40. The number of benzene rings is 1. The fourth-order valence-corrected chi connectivity index (χ4v) is 2.28. The van der Waals surface area contributed by atoms with Crippen LogP contribution in [0.25, 0.3) is 0 Å². The van der Waals surface area contributed by atoms with E-state index in [1.807, 2.05) is 12.1 Å². The Kier molecular flexibility index (Phi) is 3.05. The van der Waals surface area contributed by atoms with Crippen LogP contribution in [0, 0.1) is 0 Å². The van der Waals surface area contributed by atoms with E-state index in [0.717, 1.165) is 5.69 Å². The molecule has 2 N–H and O–H groups in total. The van der Waals surface area contributed by atoms with E-state index in [4.69, 9.17) is 5.73 Å². The molecular formula is C8H11NTe. The Morgan fingerprint density at radius 1 is 1.30 bits per heavy atom. The van der Waals surface area contributed by atoms with Crippen molar-refractivity contribution < 1.29 is 0 Å². The van der Waals surface area contributed by atoms with Gasteiger partial charge in [0.1, 0.15) is 0 Å². The second-order valence-corrected chi connectivity index (χ2v) is 4.65. The molecule has 0 saturated heterocycles. The van der Waals surface area contributed by atoms with Crippen molar-refractivity contribution in [3.05, 3.63) is 29.8 Å². The fourth-order valence-electron chi connectivity index (χ4n) is 0.781. The molecule has 0 aliphatic rings. The van der Waals surface area contributed by atoms with Gasteiger partial charge in [-0.1, -0.05) is 0 Å². The summed E-state index contributed by atoms with van der Waals surface area (Å²) >= 11 is 0.229. The molecule has 1 aromatic rings. The Bertz CT molecular complexity index is 193. The quantitative estimate of drug-likeness (QED) is 0.623. The number of rotatable bonds is 2. The zero-order valence-corrected chi connectivity index (χ0v) is 8.33. The van der Waals surface area contributed by atoms with E-state index in [9.17, 15) is 0 Å². The minimum absolute atomic E-state index is 0.229. The summed E-state index contributed by atoms with van der Waals surface area (Å²) < 4.78 is 1.28. The van der Waals surface area contributed by atoms with Gasteiger partial charge in [-0.05, 0) is 0 Å². The van der Waals surface area contributed by atoms with Gasteiger partial charge < -0.3 is 0 Å². The molecule has 1 rings (SSSR count). The molecular weight excluding hydrogens is 238 g/mol. The van der Waals surface area contributed by atoms with E-state index in [2.05, 4.69) is 17.1 Å². The molecule has 0 fully saturated rings. The first-order chi connectivity index (χ1) is 4.83. The summed E-state index contributed by atoms with van der Waals surface area (Å²) in [6.45, 7) is 0. The van der Waals surface area contributed by atoms with E-state index in [1.54, 1.807) is 0 Å². The van der Waals surface area contributed by atoms with Gasteiger partial charge in [0.2, 0.25) is 0 Å². The van der Waals surface area contributed by atoms with Gasteiger partial charge in [0.25, 0.3) is 0 Å². The van der Waals surface area contributed by atoms with Crippen LogP contribution < -0.4 is 5.73 Å². The van der Waals surface area contributed by atoms with Crippen molar-refractivity contribution >= 4 is 26.6 Å². The summed E-state index contributed by atoms with van der Waals surface area (Å²) in [7, 11) is 0. The van der Waals surface area contributed by atoms with Gasteiger partial charge in [0.05, 0.1) is 0 Å². The molecule has 0 spiro atoms. The molecule has 0 saturated carbocycles. The van der Waals surface area contributed by atoms with E-state index in [1.165, 1.54) is 10.0 Å². The van der Waals surface area contributed by atoms with Gasteiger partial charge in [-0.15, -0.1) is 0 Å². The van der Waals surface area contributed by atoms with Crippen molar-refractivity contribution in [1.29, 1.82) is 0 Å². The maximum absolute atomic E-state index is 5.53. The molecule has 1 nitrogen and oxygen atoms in total. The molecule has 2 heteroatoms. The third kappa shape index (κ3) is 2.21. The molecule has 0 aliphatic carbocycles. The Morgan fingerprint density at radius 3 is 2.40 bits per heavy atom. The summed E-state index contributed by atoms with van der Waals surface area (Å²) in [4.78, 5) is 2.31. The van der Waals surface area contributed by atoms with Gasteiger partial charge in [-0.2, -0.15) is 0 Å². The molecule has 1 aromatic carbocycles. The van der Waals surface area contributed by atoms with Crippen molar-refractivity contribution in [2.24, 2.45) is 0 Å². The van der Waals surface area contributed by atoms with E-state index in [0.29, 0.717) is 0 Å². The Hall–Kier alpha value is -0.190. The van der Waals surface area contributed by atoms with Crippen LogP contribution in [0.15, 0.2) is 24.3 Å². The number of nitrogens with two attached hydrogens (primary N) is 1. The number of hydrogen-bond acceptors (Lipinski definition) is 1. The second kappa shape index (κ2) is 3.85. The van der Waals surface area contributed by atoms with Gasteiger partial charge in [0, 0.05) is 0 Å². The van der Waals surface area contributed by atoms with Crippen molar-refractivity contribution in [2.45, 2.75) is 9.44 Å². The predicted molar refractivity (Wildman–Crippen MR) is 46.2 cm³/mol. The average Bonchev–Trinajstić information content (AvgIpc) is 1.95.